The summed E-state index contributed by atoms with van der Waals surface area (Å²) < 4.78 is 5.51. The van der Waals surface area contributed by atoms with Gasteiger partial charge in [0.05, 0.1) is 11.7 Å². The number of carbonyl (C=O) groups excluding carboxylic acids is 2. The number of ketones is 2. The summed E-state index contributed by atoms with van der Waals surface area (Å²) in [5, 5.41) is 10.5. The van der Waals surface area contributed by atoms with E-state index in [9.17, 15) is 14.7 Å². The summed E-state index contributed by atoms with van der Waals surface area (Å²) in [6.45, 7) is 7.50. The van der Waals surface area contributed by atoms with Gasteiger partial charge in [0, 0.05) is 23.3 Å². The van der Waals surface area contributed by atoms with Gasteiger partial charge in [0.25, 0.3) is 0 Å². The Kier molecular flexibility index (Phi) is 2.43. The topological polar surface area (TPSA) is 66.9 Å². The number of aliphatic hydroxyl groups is 1. The molecule has 3 rings (SSSR count). The molecule has 1 aliphatic heterocycles. The van der Waals surface area contributed by atoms with Crippen molar-refractivity contribution in [2.24, 2.45) is 17.3 Å². The molecule has 0 aromatic heterocycles. The first kappa shape index (κ1) is 13.0. The minimum atomic E-state index is -0.942. The highest BCUT2D eigenvalue weighted by Crippen LogP contribution is 2.60. The van der Waals surface area contributed by atoms with Gasteiger partial charge >= 0.3 is 0 Å². The van der Waals surface area contributed by atoms with Crippen molar-refractivity contribution in [2.45, 2.75) is 51.9 Å². The average molecular weight is 264 g/mol. The Morgan fingerprint density at radius 2 is 2.05 bits per heavy atom. The molecule has 104 valence electrons. The molecule has 0 aromatic carbocycles. The molecule has 0 bridgehead atoms. The van der Waals surface area contributed by atoms with Crippen LogP contribution < -0.4 is 0 Å². The molecule has 4 nitrogen and oxygen atoms in total. The highest BCUT2D eigenvalue weighted by Gasteiger charge is 2.68. The Morgan fingerprint density at radius 1 is 1.42 bits per heavy atom. The molecule has 0 aromatic rings. The summed E-state index contributed by atoms with van der Waals surface area (Å²) in [5.74, 6) is -0.183. The van der Waals surface area contributed by atoms with Crippen molar-refractivity contribution in [2.75, 3.05) is 0 Å². The molecule has 1 N–H and O–H groups in total. The molecule has 0 radical (unpaired) electrons. The largest absolute Gasteiger partial charge is 0.390 e. The van der Waals surface area contributed by atoms with Gasteiger partial charge in [-0.3, -0.25) is 9.59 Å². The minimum absolute atomic E-state index is 0.00178. The standard InChI is InChI=1S/C15H20O4/c1-7-5-8(16)6-9-10(17)11-12(19-11)13(14(2,3)18)15(7,9)4/h6-7,11-13,18H,5H2,1-4H3. The molecule has 19 heavy (non-hydrogen) atoms. The first-order valence-corrected chi connectivity index (χ1v) is 6.84. The second-order valence-corrected chi connectivity index (χ2v) is 6.93. The third-order valence-electron chi connectivity index (χ3n) is 5.20. The Morgan fingerprint density at radius 3 is 2.63 bits per heavy atom. The lowest BCUT2D eigenvalue weighted by atomic mass is 9.52. The van der Waals surface area contributed by atoms with E-state index in [-0.39, 0.29) is 29.5 Å². The van der Waals surface area contributed by atoms with Crippen LogP contribution in [0.2, 0.25) is 0 Å². The third kappa shape index (κ3) is 1.59. The first-order chi connectivity index (χ1) is 8.67. The molecule has 4 heteroatoms. The number of allylic oxidation sites excluding steroid dienone is 1. The van der Waals surface area contributed by atoms with Gasteiger partial charge < -0.3 is 9.84 Å². The Labute approximate surface area is 112 Å². The van der Waals surface area contributed by atoms with Gasteiger partial charge in [0.1, 0.15) is 6.10 Å². The van der Waals surface area contributed by atoms with Crippen LogP contribution in [0.3, 0.4) is 0 Å². The lowest BCUT2D eigenvalue weighted by Gasteiger charge is -2.51. The van der Waals surface area contributed by atoms with Gasteiger partial charge in [0.15, 0.2) is 11.6 Å². The van der Waals surface area contributed by atoms with E-state index in [1.54, 1.807) is 13.8 Å². The number of ether oxygens (including phenoxy) is 1. The number of hydrogen-bond acceptors (Lipinski definition) is 4. The fourth-order valence-corrected chi connectivity index (χ4v) is 4.18. The van der Waals surface area contributed by atoms with E-state index < -0.39 is 17.1 Å². The van der Waals surface area contributed by atoms with Crippen LogP contribution in [-0.2, 0) is 14.3 Å². The van der Waals surface area contributed by atoms with Crippen molar-refractivity contribution in [3.8, 4) is 0 Å². The van der Waals surface area contributed by atoms with Crippen molar-refractivity contribution in [3.05, 3.63) is 11.6 Å². The normalized spacial score (nSPS) is 45.4. The molecule has 1 heterocycles. The van der Waals surface area contributed by atoms with Gasteiger partial charge in [-0.1, -0.05) is 13.8 Å². The van der Waals surface area contributed by atoms with Crippen LogP contribution in [0.5, 0.6) is 0 Å². The van der Waals surface area contributed by atoms with Crippen molar-refractivity contribution < 1.29 is 19.4 Å². The van der Waals surface area contributed by atoms with Crippen LogP contribution in [0.4, 0.5) is 0 Å². The Hall–Kier alpha value is -1.00. The highest BCUT2D eigenvalue weighted by molar-refractivity contribution is 6.09. The van der Waals surface area contributed by atoms with Gasteiger partial charge in [-0.25, -0.2) is 0 Å². The number of epoxide rings is 1. The van der Waals surface area contributed by atoms with Crippen molar-refractivity contribution in [3.63, 3.8) is 0 Å². The van der Waals surface area contributed by atoms with E-state index >= 15 is 0 Å². The lowest BCUT2D eigenvalue weighted by Crippen LogP contribution is -2.56. The van der Waals surface area contributed by atoms with Crippen LogP contribution >= 0.6 is 0 Å². The van der Waals surface area contributed by atoms with E-state index in [4.69, 9.17) is 4.74 Å². The maximum Gasteiger partial charge on any atom is 0.190 e. The molecule has 0 amide bonds. The highest BCUT2D eigenvalue weighted by atomic mass is 16.6. The van der Waals surface area contributed by atoms with Crippen molar-refractivity contribution in [1.82, 2.24) is 0 Å². The lowest BCUT2D eigenvalue weighted by molar-refractivity contribution is -0.128. The molecule has 2 aliphatic carbocycles. The predicted molar refractivity (Wildman–Crippen MR) is 68.4 cm³/mol. The zero-order valence-corrected chi connectivity index (χ0v) is 11.8. The summed E-state index contributed by atoms with van der Waals surface area (Å²) in [6, 6.07) is 0. The zero-order valence-electron chi connectivity index (χ0n) is 11.8. The fourth-order valence-electron chi connectivity index (χ4n) is 4.18. The van der Waals surface area contributed by atoms with E-state index in [0.29, 0.717) is 12.0 Å². The summed E-state index contributed by atoms with van der Waals surface area (Å²) in [5.41, 5.74) is -0.870. The third-order valence-corrected chi connectivity index (χ3v) is 5.20. The summed E-state index contributed by atoms with van der Waals surface area (Å²) >= 11 is 0. The molecular weight excluding hydrogens is 244 g/mol. The molecule has 1 saturated heterocycles. The molecule has 5 unspecified atom stereocenters. The molecule has 2 fully saturated rings. The van der Waals surface area contributed by atoms with Crippen LogP contribution in [0.25, 0.3) is 0 Å². The molecule has 5 atom stereocenters. The second kappa shape index (κ2) is 3.55. The maximum absolute atomic E-state index is 12.3. The zero-order chi connectivity index (χ0) is 14.2. The van der Waals surface area contributed by atoms with E-state index in [2.05, 4.69) is 0 Å². The number of Topliss-reactive ketones (excluding diaryl/α,β-unsaturated/α-hetero) is 1. The number of carbonyl (C=O) groups is 2. The number of fused-ring (bicyclic) bond motifs is 2. The van der Waals surface area contributed by atoms with E-state index in [1.165, 1.54) is 6.08 Å². The maximum atomic E-state index is 12.3. The van der Waals surface area contributed by atoms with Gasteiger partial charge in [-0.15, -0.1) is 0 Å². The summed E-state index contributed by atoms with van der Waals surface area (Å²) in [4.78, 5) is 24.1. The monoisotopic (exact) mass is 264 g/mol. The Balaban J connectivity index is 2.17. The van der Waals surface area contributed by atoms with Gasteiger partial charge in [0.2, 0.25) is 0 Å². The minimum Gasteiger partial charge on any atom is -0.390 e. The Bertz CT molecular complexity index is 499. The van der Waals surface area contributed by atoms with E-state index in [1.807, 2.05) is 13.8 Å². The quantitative estimate of drug-likeness (QED) is 0.724. The smallest absolute Gasteiger partial charge is 0.190 e. The average Bonchev–Trinajstić information content (AvgIpc) is 3.00. The van der Waals surface area contributed by atoms with Gasteiger partial charge in [-0.05, 0) is 25.8 Å². The van der Waals surface area contributed by atoms with Crippen LogP contribution in [-0.4, -0.2) is 34.5 Å². The molecule has 1 saturated carbocycles. The second-order valence-electron chi connectivity index (χ2n) is 6.93. The molecular formula is C15H20O4. The fraction of sp³-hybridized carbons (Fsp3) is 0.733. The first-order valence-electron chi connectivity index (χ1n) is 6.84. The van der Waals surface area contributed by atoms with Crippen LogP contribution in [0.1, 0.15) is 34.1 Å². The molecule has 0 spiro atoms. The SMILES string of the molecule is CC1CC(=O)C=C2C(=O)C3OC3C(C(C)(C)O)C21C. The summed E-state index contributed by atoms with van der Waals surface area (Å²) in [7, 11) is 0. The predicted octanol–water partition coefficient (Wildman–Crippen LogP) is 1.27. The summed E-state index contributed by atoms with van der Waals surface area (Å²) in [6.07, 6.45) is 1.26. The number of hydrogen-bond donors (Lipinski definition) is 1. The molecule has 3 aliphatic rings. The van der Waals surface area contributed by atoms with Crippen LogP contribution in [0.15, 0.2) is 11.6 Å². The van der Waals surface area contributed by atoms with Crippen molar-refractivity contribution in [1.29, 1.82) is 0 Å². The van der Waals surface area contributed by atoms with Crippen molar-refractivity contribution >= 4 is 11.6 Å². The van der Waals surface area contributed by atoms with E-state index in [0.717, 1.165) is 0 Å². The van der Waals surface area contributed by atoms with Crippen LogP contribution in [0, 0.1) is 17.3 Å². The number of rotatable bonds is 1. The van der Waals surface area contributed by atoms with Gasteiger partial charge in [-0.2, -0.15) is 0 Å².